The number of carbonyl (C=O) groups is 1. The maximum absolute atomic E-state index is 12.3. The molecule has 1 atom stereocenters. The number of anilines is 1. The zero-order valence-corrected chi connectivity index (χ0v) is 13.0. The van der Waals surface area contributed by atoms with Crippen molar-refractivity contribution in [2.75, 3.05) is 24.6 Å². The van der Waals surface area contributed by atoms with E-state index in [-0.39, 0.29) is 11.4 Å². The van der Waals surface area contributed by atoms with Gasteiger partial charge in [-0.05, 0) is 24.6 Å². The molecule has 22 heavy (non-hydrogen) atoms. The van der Waals surface area contributed by atoms with Crippen LogP contribution >= 0.6 is 0 Å². The number of ether oxygens (including phenoxy) is 1. The van der Waals surface area contributed by atoms with Gasteiger partial charge in [0.15, 0.2) is 5.78 Å². The summed E-state index contributed by atoms with van der Waals surface area (Å²) in [6.07, 6.45) is 2.35. The quantitative estimate of drug-likeness (QED) is 0.799. The van der Waals surface area contributed by atoms with Crippen LogP contribution in [0.25, 0.3) is 0 Å². The first-order valence-corrected chi connectivity index (χ1v) is 7.58. The number of nitrogens with zero attached hydrogens (tertiary/aromatic N) is 2. The summed E-state index contributed by atoms with van der Waals surface area (Å²) < 4.78 is 6.05. The van der Waals surface area contributed by atoms with Gasteiger partial charge in [0.1, 0.15) is 11.7 Å². The van der Waals surface area contributed by atoms with Crippen molar-refractivity contribution >= 4 is 11.5 Å². The lowest BCUT2D eigenvalue weighted by Crippen LogP contribution is -2.55. The number of allylic oxidation sites excluding steroid dienone is 1. The Hall–Kier alpha value is -2.12. The molecule has 114 valence electrons. The molecule has 1 unspecified atom stereocenters. The summed E-state index contributed by atoms with van der Waals surface area (Å²) in [5.74, 6) is -0.0824. The monoisotopic (exact) mass is 296 g/mol. The highest BCUT2D eigenvalue weighted by Gasteiger charge is 2.47. The highest BCUT2D eigenvalue weighted by molar-refractivity contribution is 6.04. The van der Waals surface area contributed by atoms with Gasteiger partial charge in [0.05, 0.1) is 18.7 Å². The lowest BCUT2D eigenvalue weighted by molar-refractivity contribution is -0.130. The smallest absolute Gasteiger partial charge is 0.178 e. The van der Waals surface area contributed by atoms with Crippen LogP contribution < -0.4 is 4.90 Å². The molecule has 0 radical (unpaired) electrons. The number of hydrogen-bond acceptors (Lipinski definition) is 4. The van der Waals surface area contributed by atoms with Gasteiger partial charge < -0.3 is 9.64 Å². The lowest BCUT2D eigenvalue weighted by Gasteiger charge is -2.47. The van der Waals surface area contributed by atoms with E-state index in [0.29, 0.717) is 19.6 Å². The number of nitriles is 1. The fourth-order valence-electron chi connectivity index (χ4n) is 3.52. The molecule has 0 N–H and O–H groups in total. The average Bonchev–Trinajstić information content (AvgIpc) is 2.51. The summed E-state index contributed by atoms with van der Waals surface area (Å²) in [4.78, 5) is 14.6. The van der Waals surface area contributed by atoms with Crippen LogP contribution in [0, 0.1) is 16.7 Å². The minimum Gasteiger partial charge on any atom is -0.367 e. The highest BCUT2D eigenvalue weighted by atomic mass is 16.5. The van der Waals surface area contributed by atoms with Gasteiger partial charge in [-0.3, -0.25) is 4.79 Å². The molecule has 2 aliphatic rings. The standard InChI is InChI=1S/C18H20N2O2/c1-17(2)12-18(10-14(11-19)16(17)21)13-20(8-9-22-18)15-6-4-3-5-7-15/h3-7,10H,8-9,12-13H2,1-2H3. The first kappa shape index (κ1) is 14.8. The summed E-state index contributed by atoms with van der Waals surface area (Å²) in [5, 5.41) is 9.28. The van der Waals surface area contributed by atoms with Gasteiger partial charge in [0, 0.05) is 17.6 Å². The predicted octanol–water partition coefficient (Wildman–Crippen LogP) is 2.71. The number of para-hydroxylation sites is 1. The maximum atomic E-state index is 12.3. The Morgan fingerprint density at radius 1 is 1.27 bits per heavy atom. The van der Waals surface area contributed by atoms with Gasteiger partial charge in [-0.2, -0.15) is 5.26 Å². The van der Waals surface area contributed by atoms with E-state index in [2.05, 4.69) is 17.0 Å². The van der Waals surface area contributed by atoms with Crippen LogP contribution in [0.1, 0.15) is 20.3 Å². The first-order valence-electron chi connectivity index (χ1n) is 7.58. The van der Waals surface area contributed by atoms with Crippen molar-refractivity contribution in [1.82, 2.24) is 0 Å². The normalized spacial score (nSPS) is 27.4. The van der Waals surface area contributed by atoms with Crippen LogP contribution in [-0.4, -0.2) is 31.1 Å². The van der Waals surface area contributed by atoms with E-state index in [1.54, 1.807) is 6.08 Å². The fourth-order valence-corrected chi connectivity index (χ4v) is 3.52. The maximum Gasteiger partial charge on any atom is 0.178 e. The summed E-state index contributed by atoms with van der Waals surface area (Å²) >= 11 is 0. The molecule has 1 aromatic carbocycles. The first-order chi connectivity index (χ1) is 10.5. The summed E-state index contributed by atoms with van der Waals surface area (Å²) in [6.45, 7) is 5.86. The molecule has 1 aliphatic heterocycles. The Bertz CT molecular complexity index is 657. The Morgan fingerprint density at radius 2 is 2.00 bits per heavy atom. The Balaban J connectivity index is 1.94. The summed E-state index contributed by atoms with van der Waals surface area (Å²) in [5.41, 5.74) is 0.244. The molecule has 1 heterocycles. The molecule has 1 fully saturated rings. The topological polar surface area (TPSA) is 53.3 Å². The molecular weight excluding hydrogens is 276 g/mol. The van der Waals surface area contributed by atoms with Crippen molar-refractivity contribution in [3.05, 3.63) is 42.0 Å². The van der Waals surface area contributed by atoms with Gasteiger partial charge in [-0.1, -0.05) is 32.0 Å². The van der Waals surface area contributed by atoms with Crippen molar-refractivity contribution in [3.63, 3.8) is 0 Å². The van der Waals surface area contributed by atoms with E-state index in [0.717, 1.165) is 12.2 Å². The van der Waals surface area contributed by atoms with Gasteiger partial charge >= 0.3 is 0 Å². The molecule has 4 heteroatoms. The zero-order valence-electron chi connectivity index (χ0n) is 13.0. The van der Waals surface area contributed by atoms with Gasteiger partial charge in [0.25, 0.3) is 0 Å². The van der Waals surface area contributed by atoms with E-state index in [1.165, 1.54) is 0 Å². The van der Waals surface area contributed by atoms with Crippen LogP contribution in [0.5, 0.6) is 0 Å². The second-order valence-corrected chi connectivity index (χ2v) is 6.73. The Morgan fingerprint density at radius 3 is 2.68 bits per heavy atom. The van der Waals surface area contributed by atoms with E-state index in [1.807, 2.05) is 38.1 Å². The predicted molar refractivity (Wildman–Crippen MR) is 84.4 cm³/mol. The largest absolute Gasteiger partial charge is 0.367 e. The second-order valence-electron chi connectivity index (χ2n) is 6.73. The molecular formula is C18H20N2O2. The molecule has 1 spiro atoms. The van der Waals surface area contributed by atoms with E-state index >= 15 is 0 Å². The highest BCUT2D eigenvalue weighted by Crippen LogP contribution is 2.41. The van der Waals surface area contributed by atoms with Gasteiger partial charge in [-0.15, -0.1) is 0 Å². The van der Waals surface area contributed by atoms with Crippen molar-refractivity contribution in [1.29, 1.82) is 5.26 Å². The van der Waals surface area contributed by atoms with E-state index in [4.69, 9.17) is 4.74 Å². The molecule has 4 nitrogen and oxygen atoms in total. The lowest BCUT2D eigenvalue weighted by atomic mass is 9.69. The molecule has 0 bridgehead atoms. The van der Waals surface area contributed by atoms with Crippen LogP contribution in [0.3, 0.4) is 0 Å². The van der Waals surface area contributed by atoms with Crippen molar-refractivity contribution < 1.29 is 9.53 Å². The number of hydrogen-bond donors (Lipinski definition) is 0. The van der Waals surface area contributed by atoms with Crippen molar-refractivity contribution in [2.24, 2.45) is 5.41 Å². The third kappa shape index (κ3) is 2.53. The minimum absolute atomic E-state index is 0.0824. The van der Waals surface area contributed by atoms with Crippen LogP contribution in [0.15, 0.2) is 42.0 Å². The van der Waals surface area contributed by atoms with Crippen molar-refractivity contribution in [3.8, 4) is 6.07 Å². The van der Waals surface area contributed by atoms with E-state index in [9.17, 15) is 10.1 Å². The molecule has 0 aromatic heterocycles. The van der Waals surface area contributed by atoms with Crippen molar-refractivity contribution in [2.45, 2.75) is 25.9 Å². The second kappa shape index (κ2) is 5.26. The fraction of sp³-hybridized carbons (Fsp3) is 0.444. The number of carbonyl (C=O) groups excluding carboxylic acids is 1. The SMILES string of the molecule is CC1(C)CC2(C=C(C#N)C1=O)CN(c1ccccc1)CCO2. The Kier molecular flexibility index (Phi) is 3.54. The number of benzene rings is 1. The summed E-state index contributed by atoms with van der Waals surface area (Å²) in [6, 6.07) is 12.2. The Labute approximate surface area is 131 Å². The summed E-state index contributed by atoms with van der Waals surface area (Å²) in [7, 11) is 0. The van der Waals surface area contributed by atoms with Crippen LogP contribution in [0.4, 0.5) is 5.69 Å². The molecule has 1 aliphatic carbocycles. The number of rotatable bonds is 1. The van der Waals surface area contributed by atoms with Gasteiger partial charge in [0.2, 0.25) is 0 Å². The average molecular weight is 296 g/mol. The van der Waals surface area contributed by atoms with Crippen LogP contribution in [0.2, 0.25) is 0 Å². The van der Waals surface area contributed by atoms with Crippen LogP contribution in [-0.2, 0) is 9.53 Å². The molecule has 3 rings (SSSR count). The molecule has 0 amide bonds. The number of morpholine rings is 1. The van der Waals surface area contributed by atoms with Gasteiger partial charge in [-0.25, -0.2) is 0 Å². The zero-order chi connectivity index (χ0) is 15.8. The number of ketones is 1. The number of Topliss-reactive ketones (excluding diaryl/α,β-unsaturated/α-hetero) is 1. The minimum atomic E-state index is -0.570. The third-order valence-electron chi connectivity index (χ3n) is 4.46. The molecule has 0 saturated carbocycles. The molecule has 1 aromatic rings. The molecule has 1 saturated heterocycles. The third-order valence-corrected chi connectivity index (χ3v) is 4.46. The van der Waals surface area contributed by atoms with E-state index < -0.39 is 11.0 Å².